The predicted octanol–water partition coefficient (Wildman–Crippen LogP) is 1.67. The molecule has 0 aliphatic carbocycles. The number of aryl methyl sites for hydroxylation is 1. The second kappa shape index (κ2) is 6.42. The van der Waals surface area contributed by atoms with E-state index in [-0.39, 0.29) is 0 Å². The molecule has 84 valence electrons. The molecule has 0 amide bonds. The molecule has 4 N–H and O–H groups in total. The van der Waals surface area contributed by atoms with Crippen molar-refractivity contribution in [2.24, 2.45) is 10.9 Å². The molecule has 0 aliphatic heterocycles. The second-order valence-corrected chi connectivity index (χ2v) is 4.20. The highest BCUT2D eigenvalue weighted by Crippen LogP contribution is 2.12. The second-order valence-electron chi connectivity index (χ2n) is 3.45. The monoisotopic (exact) mass is 227 g/mol. The number of hydrogen-bond acceptors (Lipinski definition) is 4. The fourth-order valence-electron chi connectivity index (χ4n) is 1.24. The maximum Gasteiger partial charge on any atom is 0.139 e. The van der Waals surface area contributed by atoms with Crippen molar-refractivity contribution < 1.29 is 5.21 Å². The zero-order chi connectivity index (χ0) is 11.1. The zero-order valence-corrected chi connectivity index (χ0v) is 9.68. The van der Waals surface area contributed by atoms with Gasteiger partial charge in [0.1, 0.15) is 5.84 Å². The van der Waals surface area contributed by atoms with Crippen LogP contribution in [0.4, 0.5) is 0 Å². The van der Waals surface area contributed by atoms with Crippen LogP contribution >= 0.6 is 11.3 Å². The van der Waals surface area contributed by atoms with Gasteiger partial charge in [-0.15, -0.1) is 0 Å². The molecule has 0 radical (unpaired) electrons. The Bertz CT molecular complexity index is 322. The van der Waals surface area contributed by atoms with Crippen LogP contribution in [0.1, 0.15) is 24.0 Å². The third-order valence-electron chi connectivity index (χ3n) is 2.19. The summed E-state index contributed by atoms with van der Waals surface area (Å²) >= 11 is 1.73. The molecular formula is C10H17N3OS. The van der Waals surface area contributed by atoms with E-state index >= 15 is 0 Å². The third-order valence-corrected chi connectivity index (χ3v) is 3.10. The van der Waals surface area contributed by atoms with Crippen LogP contribution in [0.5, 0.6) is 0 Å². The Morgan fingerprint density at radius 3 is 3.00 bits per heavy atom. The van der Waals surface area contributed by atoms with Crippen LogP contribution in [-0.2, 0) is 6.54 Å². The minimum atomic E-state index is 0.295. The molecule has 1 rings (SSSR count). The van der Waals surface area contributed by atoms with Gasteiger partial charge in [-0.3, -0.25) is 0 Å². The van der Waals surface area contributed by atoms with Crippen LogP contribution in [0.25, 0.3) is 0 Å². The molecule has 0 saturated heterocycles. The molecule has 0 atom stereocenters. The largest absolute Gasteiger partial charge is 0.409 e. The molecule has 5 heteroatoms. The van der Waals surface area contributed by atoms with Gasteiger partial charge in [0, 0.05) is 13.0 Å². The van der Waals surface area contributed by atoms with E-state index in [2.05, 4.69) is 28.2 Å². The van der Waals surface area contributed by atoms with Crippen molar-refractivity contribution in [2.45, 2.75) is 26.3 Å². The van der Waals surface area contributed by atoms with Crippen LogP contribution in [0, 0.1) is 6.92 Å². The van der Waals surface area contributed by atoms with Gasteiger partial charge in [0.15, 0.2) is 0 Å². The average Bonchev–Trinajstić information content (AvgIpc) is 2.63. The first-order valence-electron chi connectivity index (χ1n) is 4.93. The summed E-state index contributed by atoms with van der Waals surface area (Å²) in [4.78, 5) is 0. The molecule has 15 heavy (non-hydrogen) atoms. The fourth-order valence-corrected chi connectivity index (χ4v) is 2.09. The molecule has 0 bridgehead atoms. The summed E-state index contributed by atoms with van der Waals surface area (Å²) in [6.45, 7) is 3.89. The number of rotatable bonds is 6. The van der Waals surface area contributed by atoms with E-state index in [1.54, 1.807) is 11.3 Å². The number of nitrogens with zero attached hydrogens (tertiary/aromatic N) is 1. The molecule has 0 unspecified atom stereocenters. The van der Waals surface area contributed by atoms with Crippen LogP contribution in [0.3, 0.4) is 0 Å². The lowest BCUT2D eigenvalue weighted by atomic mass is 10.2. The standard InChI is InChI=1S/C10H17N3OS/c1-8-6-15-7-9(8)5-12-4-2-3-10(11)13-14/h6-7,12,14H,2-5H2,1H3,(H2,11,13). The third kappa shape index (κ3) is 4.31. The molecule has 1 aromatic rings. The van der Waals surface area contributed by atoms with E-state index in [1.165, 1.54) is 11.1 Å². The van der Waals surface area contributed by atoms with Gasteiger partial charge >= 0.3 is 0 Å². The topological polar surface area (TPSA) is 70.6 Å². The van der Waals surface area contributed by atoms with Crippen molar-refractivity contribution >= 4 is 17.2 Å². The SMILES string of the molecule is Cc1cscc1CNCCCC(N)=NO. The molecule has 1 heterocycles. The van der Waals surface area contributed by atoms with Crippen LogP contribution in [0.15, 0.2) is 15.9 Å². The molecule has 4 nitrogen and oxygen atoms in total. The predicted molar refractivity (Wildman–Crippen MR) is 63.4 cm³/mol. The highest BCUT2D eigenvalue weighted by Gasteiger charge is 1.98. The van der Waals surface area contributed by atoms with Crippen molar-refractivity contribution in [1.82, 2.24) is 5.32 Å². The van der Waals surface area contributed by atoms with E-state index in [0.717, 1.165) is 19.5 Å². The smallest absolute Gasteiger partial charge is 0.139 e. The maximum atomic E-state index is 8.32. The van der Waals surface area contributed by atoms with E-state index in [0.29, 0.717) is 12.3 Å². The number of thiophene rings is 1. The van der Waals surface area contributed by atoms with Crippen molar-refractivity contribution in [2.75, 3.05) is 6.54 Å². The van der Waals surface area contributed by atoms with Gasteiger partial charge in [0.2, 0.25) is 0 Å². The van der Waals surface area contributed by atoms with Crippen molar-refractivity contribution in [3.05, 3.63) is 21.9 Å². The van der Waals surface area contributed by atoms with Gasteiger partial charge < -0.3 is 16.3 Å². The summed E-state index contributed by atoms with van der Waals surface area (Å²) < 4.78 is 0. The molecule has 0 fully saturated rings. The summed E-state index contributed by atoms with van der Waals surface area (Å²) in [5.41, 5.74) is 8.04. The van der Waals surface area contributed by atoms with Crippen LogP contribution in [-0.4, -0.2) is 17.6 Å². The van der Waals surface area contributed by atoms with Gasteiger partial charge in [0.25, 0.3) is 0 Å². The Morgan fingerprint density at radius 1 is 1.60 bits per heavy atom. The van der Waals surface area contributed by atoms with E-state index < -0.39 is 0 Å². The Balaban J connectivity index is 2.10. The van der Waals surface area contributed by atoms with E-state index in [4.69, 9.17) is 10.9 Å². The van der Waals surface area contributed by atoms with E-state index in [9.17, 15) is 0 Å². The molecule has 0 aromatic carbocycles. The molecule has 0 aliphatic rings. The first-order chi connectivity index (χ1) is 7.24. The Labute approximate surface area is 93.8 Å². The van der Waals surface area contributed by atoms with Crippen LogP contribution < -0.4 is 11.1 Å². The minimum Gasteiger partial charge on any atom is -0.409 e. The summed E-state index contributed by atoms with van der Waals surface area (Å²) in [6.07, 6.45) is 1.52. The van der Waals surface area contributed by atoms with Gasteiger partial charge in [0.05, 0.1) is 0 Å². The fraction of sp³-hybridized carbons (Fsp3) is 0.500. The summed E-state index contributed by atoms with van der Waals surface area (Å²) in [6, 6.07) is 0. The number of hydrogen-bond donors (Lipinski definition) is 3. The average molecular weight is 227 g/mol. The highest BCUT2D eigenvalue weighted by atomic mass is 32.1. The molecule has 0 saturated carbocycles. The van der Waals surface area contributed by atoms with Gasteiger partial charge in [-0.25, -0.2) is 0 Å². The van der Waals surface area contributed by atoms with Gasteiger partial charge in [-0.05, 0) is 41.8 Å². The van der Waals surface area contributed by atoms with Gasteiger partial charge in [-0.2, -0.15) is 11.3 Å². The quantitative estimate of drug-likeness (QED) is 0.228. The Kier molecular flexibility index (Phi) is 5.14. The first-order valence-corrected chi connectivity index (χ1v) is 5.87. The summed E-state index contributed by atoms with van der Waals surface area (Å²) in [5, 5.41) is 18.9. The summed E-state index contributed by atoms with van der Waals surface area (Å²) in [7, 11) is 0. The number of oxime groups is 1. The molecule has 1 aromatic heterocycles. The van der Waals surface area contributed by atoms with Crippen molar-refractivity contribution in [3.63, 3.8) is 0 Å². The Hall–Kier alpha value is -1.07. The first kappa shape index (κ1) is 12.0. The van der Waals surface area contributed by atoms with E-state index in [1.807, 2.05) is 0 Å². The zero-order valence-electron chi connectivity index (χ0n) is 8.86. The molecule has 0 spiro atoms. The summed E-state index contributed by atoms with van der Waals surface area (Å²) in [5.74, 6) is 0.295. The maximum absolute atomic E-state index is 8.32. The minimum absolute atomic E-state index is 0.295. The van der Waals surface area contributed by atoms with Crippen molar-refractivity contribution in [1.29, 1.82) is 0 Å². The van der Waals surface area contributed by atoms with Crippen molar-refractivity contribution in [3.8, 4) is 0 Å². The van der Waals surface area contributed by atoms with Crippen LogP contribution in [0.2, 0.25) is 0 Å². The lowest BCUT2D eigenvalue weighted by Gasteiger charge is -2.03. The number of amidine groups is 1. The Morgan fingerprint density at radius 2 is 2.40 bits per heavy atom. The lowest BCUT2D eigenvalue weighted by molar-refractivity contribution is 0.316. The highest BCUT2D eigenvalue weighted by molar-refractivity contribution is 7.08. The number of nitrogens with one attached hydrogen (secondary N) is 1. The normalized spacial score (nSPS) is 11.9. The molecular weight excluding hydrogens is 210 g/mol. The van der Waals surface area contributed by atoms with Gasteiger partial charge in [-0.1, -0.05) is 5.16 Å². The lowest BCUT2D eigenvalue weighted by Crippen LogP contribution is -2.18. The number of nitrogens with two attached hydrogens (primary N) is 1.